The van der Waals surface area contributed by atoms with E-state index >= 15 is 0 Å². The van der Waals surface area contributed by atoms with Crippen molar-refractivity contribution in [2.45, 2.75) is 25.7 Å². The second kappa shape index (κ2) is 5.79. The first-order valence-corrected chi connectivity index (χ1v) is 7.56. The van der Waals surface area contributed by atoms with Gasteiger partial charge in [0, 0.05) is 36.7 Å². The van der Waals surface area contributed by atoms with Crippen LogP contribution >= 0.6 is 0 Å². The summed E-state index contributed by atoms with van der Waals surface area (Å²) in [5.74, 6) is -0.415. The van der Waals surface area contributed by atoms with Crippen molar-refractivity contribution in [3.8, 4) is 0 Å². The zero-order valence-electron chi connectivity index (χ0n) is 12.3. The number of hydrogen-bond donors (Lipinski definition) is 2. The Morgan fingerprint density at radius 3 is 2.59 bits per heavy atom. The maximum atomic E-state index is 12.5. The number of anilines is 1. The quantitative estimate of drug-likeness (QED) is 0.850. The van der Waals surface area contributed by atoms with Crippen LogP contribution in [0.1, 0.15) is 35.2 Å². The molecule has 3 N–H and O–H groups in total. The minimum Gasteiger partial charge on any atom is -0.369 e. The Morgan fingerprint density at radius 1 is 1.18 bits per heavy atom. The minimum atomic E-state index is -0.281. The highest BCUT2D eigenvalue weighted by Crippen LogP contribution is 2.25. The number of aryl methyl sites for hydroxylation is 1. The lowest BCUT2D eigenvalue weighted by Gasteiger charge is -2.31. The van der Waals surface area contributed by atoms with Crippen molar-refractivity contribution in [3.63, 3.8) is 0 Å². The summed E-state index contributed by atoms with van der Waals surface area (Å²) in [5, 5.41) is 2.81. The molecule has 1 aromatic carbocycles. The first-order chi connectivity index (χ1) is 10.5. The van der Waals surface area contributed by atoms with Crippen molar-refractivity contribution < 1.29 is 14.4 Å². The number of amides is 3. The van der Waals surface area contributed by atoms with E-state index in [2.05, 4.69) is 5.32 Å². The van der Waals surface area contributed by atoms with Gasteiger partial charge in [-0.2, -0.15) is 0 Å². The van der Waals surface area contributed by atoms with E-state index in [9.17, 15) is 14.4 Å². The zero-order chi connectivity index (χ0) is 15.7. The number of benzene rings is 1. The number of carbonyl (C=O) groups is 3. The topological polar surface area (TPSA) is 92.5 Å². The van der Waals surface area contributed by atoms with Gasteiger partial charge < -0.3 is 16.0 Å². The number of primary amides is 1. The molecule has 2 aliphatic heterocycles. The van der Waals surface area contributed by atoms with Gasteiger partial charge >= 0.3 is 0 Å². The highest BCUT2D eigenvalue weighted by atomic mass is 16.2. The van der Waals surface area contributed by atoms with Gasteiger partial charge in [0.05, 0.1) is 0 Å². The van der Waals surface area contributed by atoms with Crippen molar-refractivity contribution in [1.29, 1.82) is 0 Å². The Kier molecular flexibility index (Phi) is 3.83. The van der Waals surface area contributed by atoms with E-state index in [1.807, 2.05) is 6.07 Å². The summed E-state index contributed by atoms with van der Waals surface area (Å²) < 4.78 is 0. The monoisotopic (exact) mass is 301 g/mol. The highest BCUT2D eigenvalue weighted by molar-refractivity contribution is 5.98. The normalized spacial score (nSPS) is 18.5. The fourth-order valence-corrected chi connectivity index (χ4v) is 3.07. The molecule has 22 heavy (non-hydrogen) atoms. The molecule has 2 heterocycles. The predicted molar refractivity (Wildman–Crippen MR) is 81.2 cm³/mol. The summed E-state index contributed by atoms with van der Waals surface area (Å²) in [7, 11) is 0. The molecule has 1 aromatic rings. The van der Waals surface area contributed by atoms with Crippen molar-refractivity contribution in [1.82, 2.24) is 4.90 Å². The average molecular weight is 301 g/mol. The number of carbonyl (C=O) groups excluding carboxylic acids is 3. The Hall–Kier alpha value is -2.37. The molecule has 0 saturated carbocycles. The summed E-state index contributed by atoms with van der Waals surface area (Å²) in [5.41, 5.74) is 7.73. The maximum Gasteiger partial charge on any atom is 0.253 e. The molecule has 3 rings (SSSR count). The molecular weight excluding hydrogens is 282 g/mol. The fourth-order valence-electron chi connectivity index (χ4n) is 3.07. The van der Waals surface area contributed by atoms with Gasteiger partial charge in [-0.25, -0.2) is 0 Å². The molecule has 0 radical (unpaired) electrons. The van der Waals surface area contributed by atoms with E-state index < -0.39 is 0 Å². The third-order valence-corrected chi connectivity index (χ3v) is 4.43. The van der Waals surface area contributed by atoms with Crippen LogP contribution in [0.5, 0.6) is 0 Å². The van der Waals surface area contributed by atoms with Crippen molar-refractivity contribution in [2.24, 2.45) is 11.7 Å². The first kappa shape index (κ1) is 14.6. The SMILES string of the molecule is NC(=O)C1CCN(C(=O)c2ccc3c(c2)CCC(=O)N3)CC1. The Balaban J connectivity index is 1.71. The predicted octanol–water partition coefficient (Wildman–Crippen LogP) is 0.909. The molecular formula is C16H19N3O3. The number of rotatable bonds is 2. The van der Waals surface area contributed by atoms with Gasteiger partial charge in [-0.05, 0) is 43.0 Å². The summed E-state index contributed by atoms with van der Waals surface area (Å²) in [6.07, 6.45) is 2.37. The molecule has 1 saturated heterocycles. The lowest BCUT2D eigenvalue weighted by molar-refractivity contribution is -0.123. The molecule has 0 aromatic heterocycles. The standard InChI is InChI=1S/C16H19N3O3/c17-15(21)10-5-7-19(8-6-10)16(22)12-1-3-13-11(9-12)2-4-14(20)18-13/h1,3,9-10H,2,4-8H2,(H2,17,21)(H,18,20). The van der Waals surface area contributed by atoms with Crippen LogP contribution in [0.3, 0.4) is 0 Å². The number of fused-ring (bicyclic) bond motifs is 1. The van der Waals surface area contributed by atoms with Crippen LogP contribution < -0.4 is 11.1 Å². The molecule has 0 bridgehead atoms. The van der Waals surface area contributed by atoms with E-state index in [0.29, 0.717) is 44.3 Å². The molecule has 0 spiro atoms. The second-order valence-corrected chi connectivity index (χ2v) is 5.89. The lowest BCUT2D eigenvalue weighted by Crippen LogP contribution is -2.41. The smallest absolute Gasteiger partial charge is 0.253 e. The summed E-state index contributed by atoms with van der Waals surface area (Å²) in [6, 6.07) is 5.39. The molecule has 2 aliphatic rings. The van der Waals surface area contributed by atoms with Crippen LogP contribution in [0.4, 0.5) is 5.69 Å². The number of nitrogens with zero attached hydrogens (tertiary/aromatic N) is 1. The highest BCUT2D eigenvalue weighted by Gasteiger charge is 2.27. The van der Waals surface area contributed by atoms with Gasteiger partial charge in [-0.15, -0.1) is 0 Å². The summed E-state index contributed by atoms with van der Waals surface area (Å²) in [4.78, 5) is 36.8. The number of nitrogens with two attached hydrogens (primary N) is 1. The third kappa shape index (κ3) is 2.81. The van der Waals surface area contributed by atoms with Gasteiger partial charge in [-0.1, -0.05) is 0 Å². The van der Waals surface area contributed by atoms with Gasteiger partial charge in [0.1, 0.15) is 0 Å². The van der Waals surface area contributed by atoms with E-state index in [1.165, 1.54) is 0 Å². The lowest BCUT2D eigenvalue weighted by atomic mass is 9.95. The largest absolute Gasteiger partial charge is 0.369 e. The molecule has 0 aliphatic carbocycles. The van der Waals surface area contributed by atoms with E-state index in [-0.39, 0.29) is 23.6 Å². The van der Waals surface area contributed by atoms with Gasteiger partial charge in [0.2, 0.25) is 11.8 Å². The Morgan fingerprint density at radius 2 is 1.91 bits per heavy atom. The number of likely N-dealkylation sites (tertiary alicyclic amines) is 1. The average Bonchev–Trinajstić information content (AvgIpc) is 2.53. The van der Waals surface area contributed by atoms with Crippen LogP contribution in [-0.2, 0) is 16.0 Å². The number of hydrogen-bond acceptors (Lipinski definition) is 3. The zero-order valence-corrected chi connectivity index (χ0v) is 12.3. The molecule has 6 heteroatoms. The molecule has 0 atom stereocenters. The van der Waals surface area contributed by atoms with Gasteiger partial charge in [-0.3, -0.25) is 14.4 Å². The van der Waals surface area contributed by atoms with E-state index in [4.69, 9.17) is 5.73 Å². The molecule has 1 fully saturated rings. The van der Waals surface area contributed by atoms with Crippen LogP contribution in [0.2, 0.25) is 0 Å². The van der Waals surface area contributed by atoms with Crippen molar-refractivity contribution >= 4 is 23.4 Å². The maximum absolute atomic E-state index is 12.5. The molecule has 3 amide bonds. The van der Waals surface area contributed by atoms with Crippen LogP contribution in [0.15, 0.2) is 18.2 Å². The van der Waals surface area contributed by atoms with Crippen molar-refractivity contribution in [2.75, 3.05) is 18.4 Å². The van der Waals surface area contributed by atoms with E-state index in [0.717, 1.165) is 11.3 Å². The van der Waals surface area contributed by atoms with Crippen LogP contribution in [0, 0.1) is 5.92 Å². The Bertz CT molecular complexity index is 634. The first-order valence-electron chi connectivity index (χ1n) is 7.56. The number of nitrogens with one attached hydrogen (secondary N) is 1. The third-order valence-electron chi connectivity index (χ3n) is 4.43. The minimum absolute atomic E-state index is 0.0140. The molecule has 6 nitrogen and oxygen atoms in total. The fraction of sp³-hybridized carbons (Fsp3) is 0.438. The van der Waals surface area contributed by atoms with Crippen molar-refractivity contribution in [3.05, 3.63) is 29.3 Å². The molecule has 116 valence electrons. The number of piperidine rings is 1. The summed E-state index contributed by atoms with van der Waals surface area (Å²) >= 11 is 0. The van der Waals surface area contributed by atoms with Crippen LogP contribution in [-0.4, -0.2) is 35.7 Å². The second-order valence-electron chi connectivity index (χ2n) is 5.89. The van der Waals surface area contributed by atoms with Crippen LogP contribution in [0.25, 0.3) is 0 Å². The van der Waals surface area contributed by atoms with Gasteiger partial charge in [0.25, 0.3) is 5.91 Å². The Labute approximate surface area is 128 Å². The molecule has 0 unspecified atom stereocenters. The summed E-state index contributed by atoms with van der Waals surface area (Å²) in [6.45, 7) is 1.11. The van der Waals surface area contributed by atoms with E-state index in [1.54, 1.807) is 17.0 Å². The van der Waals surface area contributed by atoms with Gasteiger partial charge in [0.15, 0.2) is 0 Å².